The largest absolute Gasteiger partial charge is 0.309 e. The van der Waals surface area contributed by atoms with E-state index in [4.69, 9.17) is 0 Å². The fraction of sp³-hybridized carbons (Fsp3) is 0.231. The fourth-order valence-electron chi connectivity index (χ4n) is 1.84. The van der Waals surface area contributed by atoms with E-state index in [1.807, 2.05) is 50.0 Å². The van der Waals surface area contributed by atoms with Crippen LogP contribution < -0.4 is 5.32 Å². The van der Waals surface area contributed by atoms with E-state index in [0.717, 1.165) is 0 Å². The molecule has 0 aliphatic rings. The average Bonchev–Trinajstić information content (AvgIpc) is 2.34. The van der Waals surface area contributed by atoms with Gasteiger partial charge in [-0.25, -0.2) is 0 Å². The van der Waals surface area contributed by atoms with Crippen molar-refractivity contribution in [2.24, 2.45) is 0 Å². The van der Waals surface area contributed by atoms with Crippen molar-refractivity contribution in [3.63, 3.8) is 0 Å². The smallest absolute Gasteiger partial charge is 0.0593 e. The molecule has 0 amide bonds. The molecule has 3 heteroatoms. The molecule has 0 aliphatic carbocycles. The van der Waals surface area contributed by atoms with Crippen LogP contribution in [0.1, 0.15) is 22.7 Å². The predicted octanol–water partition coefficient (Wildman–Crippen LogP) is 2.09. The van der Waals surface area contributed by atoms with E-state index in [9.17, 15) is 0 Å². The molecule has 0 fully saturated rings. The minimum absolute atomic E-state index is 0.177. The second-order valence-corrected chi connectivity index (χ2v) is 3.73. The van der Waals surface area contributed by atoms with Gasteiger partial charge in [-0.1, -0.05) is 0 Å². The molecule has 2 aromatic heterocycles. The van der Waals surface area contributed by atoms with Gasteiger partial charge in [0.25, 0.3) is 0 Å². The third kappa shape index (κ3) is 2.09. The first-order valence-electron chi connectivity index (χ1n) is 5.30. The molecule has 0 spiro atoms. The first kappa shape index (κ1) is 10.8. The summed E-state index contributed by atoms with van der Waals surface area (Å²) in [6, 6.07) is 6.25. The Bertz CT molecular complexity index is 454. The van der Waals surface area contributed by atoms with Gasteiger partial charge in [0.15, 0.2) is 0 Å². The Hall–Kier alpha value is -1.74. The van der Waals surface area contributed by atoms with Gasteiger partial charge >= 0.3 is 0 Å². The van der Waals surface area contributed by atoms with Crippen LogP contribution in [-0.4, -0.2) is 17.0 Å². The van der Waals surface area contributed by atoms with E-state index in [-0.39, 0.29) is 6.04 Å². The van der Waals surface area contributed by atoms with Crippen LogP contribution in [-0.2, 0) is 0 Å². The summed E-state index contributed by atoms with van der Waals surface area (Å²) < 4.78 is 0. The summed E-state index contributed by atoms with van der Waals surface area (Å²) in [7, 11) is 1.96. The quantitative estimate of drug-likeness (QED) is 0.848. The summed E-state index contributed by atoms with van der Waals surface area (Å²) in [5.41, 5.74) is 3.65. The highest BCUT2D eigenvalue weighted by Crippen LogP contribution is 2.22. The van der Waals surface area contributed by atoms with Crippen molar-refractivity contribution >= 4 is 0 Å². The zero-order valence-electron chi connectivity index (χ0n) is 9.51. The Kier molecular flexibility index (Phi) is 3.27. The second-order valence-electron chi connectivity index (χ2n) is 3.73. The topological polar surface area (TPSA) is 37.8 Å². The van der Waals surface area contributed by atoms with Crippen molar-refractivity contribution in [1.82, 2.24) is 15.3 Å². The van der Waals surface area contributed by atoms with Gasteiger partial charge in [0.1, 0.15) is 0 Å². The van der Waals surface area contributed by atoms with Gasteiger partial charge in [-0.2, -0.15) is 0 Å². The molecule has 0 saturated carbocycles. The standard InChI is InChI=1S/C13H15N3/c1-10-3-6-16-9-12(10)13(14-2)11-4-7-15-8-5-11/h3-9,13-14H,1-2H3. The fourth-order valence-corrected chi connectivity index (χ4v) is 1.84. The van der Waals surface area contributed by atoms with E-state index >= 15 is 0 Å². The molecule has 1 atom stereocenters. The average molecular weight is 213 g/mol. The maximum absolute atomic E-state index is 4.18. The van der Waals surface area contributed by atoms with E-state index < -0.39 is 0 Å². The highest BCUT2D eigenvalue weighted by molar-refractivity contribution is 5.33. The molecule has 16 heavy (non-hydrogen) atoms. The van der Waals surface area contributed by atoms with Crippen LogP contribution in [0.25, 0.3) is 0 Å². The molecule has 82 valence electrons. The molecule has 2 aromatic rings. The van der Waals surface area contributed by atoms with E-state index in [1.165, 1.54) is 16.7 Å². The Morgan fingerprint density at radius 1 is 1.06 bits per heavy atom. The molecule has 1 unspecified atom stereocenters. The molecular formula is C13H15N3. The van der Waals surface area contributed by atoms with Crippen LogP contribution in [0, 0.1) is 6.92 Å². The van der Waals surface area contributed by atoms with Crippen LogP contribution in [0.4, 0.5) is 0 Å². The number of nitrogens with one attached hydrogen (secondary N) is 1. The third-order valence-electron chi connectivity index (χ3n) is 2.72. The molecule has 0 aliphatic heterocycles. The van der Waals surface area contributed by atoms with Gasteiger partial charge in [0.05, 0.1) is 6.04 Å². The molecule has 0 saturated heterocycles. The first-order chi connectivity index (χ1) is 7.83. The molecule has 0 aromatic carbocycles. The van der Waals surface area contributed by atoms with Gasteiger partial charge in [-0.05, 0) is 48.9 Å². The number of aromatic nitrogens is 2. The summed E-state index contributed by atoms with van der Waals surface area (Å²) >= 11 is 0. The molecule has 1 N–H and O–H groups in total. The highest BCUT2D eigenvalue weighted by Gasteiger charge is 2.13. The summed E-state index contributed by atoms with van der Waals surface area (Å²) in [6.45, 7) is 2.10. The van der Waals surface area contributed by atoms with Gasteiger partial charge < -0.3 is 5.32 Å². The first-order valence-corrected chi connectivity index (χ1v) is 5.30. The molecule has 0 bridgehead atoms. The van der Waals surface area contributed by atoms with Crippen molar-refractivity contribution < 1.29 is 0 Å². The lowest BCUT2D eigenvalue weighted by Crippen LogP contribution is -2.18. The lowest BCUT2D eigenvalue weighted by Gasteiger charge is -2.18. The van der Waals surface area contributed by atoms with Crippen LogP contribution in [0.3, 0.4) is 0 Å². The Balaban J connectivity index is 2.41. The normalized spacial score (nSPS) is 12.4. The van der Waals surface area contributed by atoms with Crippen molar-refractivity contribution in [2.45, 2.75) is 13.0 Å². The van der Waals surface area contributed by atoms with Crippen molar-refractivity contribution in [3.05, 3.63) is 59.7 Å². The maximum atomic E-state index is 4.18. The Morgan fingerprint density at radius 3 is 2.38 bits per heavy atom. The Labute approximate surface area is 95.6 Å². The van der Waals surface area contributed by atoms with E-state index in [2.05, 4.69) is 22.2 Å². The number of aryl methyl sites for hydroxylation is 1. The second kappa shape index (κ2) is 4.86. The van der Waals surface area contributed by atoms with Gasteiger partial charge in [-0.15, -0.1) is 0 Å². The van der Waals surface area contributed by atoms with Gasteiger partial charge in [0.2, 0.25) is 0 Å². The number of nitrogens with zero attached hydrogens (tertiary/aromatic N) is 2. The monoisotopic (exact) mass is 213 g/mol. The summed E-state index contributed by atoms with van der Waals surface area (Å²) in [5.74, 6) is 0. The van der Waals surface area contributed by atoms with Crippen LogP contribution in [0.2, 0.25) is 0 Å². The molecule has 0 radical (unpaired) electrons. The van der Waals surface area contributed by atoms with Crippen LogP contribution >= 0.6 is 0 Å². The molecular weight excluding hydrogens is 198 g/mol. The van der Waals surface area contributed by atoms with Crippen molar-refractivity contribution in [3.8, 4) is 0 Å². The van der Waals surface area contributed by atoms with Crippen LogP contribution in [0.5, 0.6) is 0 Å². The molecule has 2 heterocycles. The maximum Gasteiger partial charge on any atom is 0.0593 e. The van der Waals surface area contributed by atoms with Crippen molar-refractivity contribution in [2.75, 3.05) is 7.05 Å². The van der Waals surface area contributed by atoms with Crippen LogP contribution in [0.15, 0.2) is 43.0 Å². The zero-order valence-corrected chi connectivity index (χ0v) is 9.51. The minimum Gasteiger partial charge on any atom is -0.309 e. The Morgan fingerprint density at radius 2 is 1.75 bits per heavy atom. The lowest BCUT2D eigenvalue weighted by molar-refractivity contribution is 0.683. The van der Waals surface area contributed by atoms with Crippen molar-refractivity contribution in [1.29, 1.82) is 0 Å². The number of pyridine rings is 2. The predicted molar refractivity (Wildman–Crippen MR) is 64.1 cm³/mol. The lowest BCUT2D eigenvalue weighted by atomic mass is 9.98. The summed E-state index contributed by atoms with van der Waals surface area (Å²) in [4.78, 5) is 8.22. The van der Waals surface area contributed by atoms with E-state index in [0.29, 0.717) is 0 Å². The zero-order chi connectivity index (χ0) is 11.4. The highest BCUT2D eigenvalue weighted by atomic mass is 14.9. The molecule has 2 rings (SSSR count). The van der Waals surface area contributed by atoms with Gasteiger partial charge in [-0.3, -0.25) is 9.97 Å². The number of hydrogen-bond acceptors (Lipinski definition) is 3. The minimum atomic E-state index is 0.177. The SMILES string of the molecule is CNC(c1ccncc1)c1cnccc1C. The molecule has 3 nitrogen and oxygen atoms in total. The number of hydrogen-bond donors (Lipinski definition) is 1. The summed E-state index contributed by atoms with van der Waals surface area (Å²) in [6.07, 6.45) is 7.35. The van der Waals surface area contributed by atoms with E-state index in [1.54, 1.807) is 0 Å². The third-order valence-corrected chi connectivity index (χ3v) is 2.72. The summed E-state index contributed by atoms with van der Waals surface area (Å²) in [5, 5.41) is 3.31. The van der Waals surface area contributed by atoms with Gasteiger partial charge in [0, 0.05) is 24.8 Å². The number of rotatable bonds is 3.